The first-order chi connectivity index (χ1) is 14.5. The average Bonchev–Trinajstić information content (AvgIpc) is 3.40. The third kappa shape index (κ3) is 5.30. The van der Waals surface area contributed by atoms with Gasteiger partial charge in [-0.15, -0.1) is 10.2 Å². The number of nitrogens with zero attached hydrogens (tertiary/aromatic N) is 5. The van der Waals surface area contributed by atoms with E-state index >= 15 is 0 Å². The molecule has 2 heterocycles. The van der Waals surface area contributed by atoms with Crippen molar-refractivity contribution in [2.75, 3.05) is 18.8 Å². The lowest BCUT2D eigenvalue weighted by molar-refractivity contribution is -0.128. The first kappa shape index (κ1) is 21.7. The van der Waals surface area contributed by atoms with E-state index in [1.807, 2.05) is 55.7 Å². The first-order valence-corrected chi connectivity index (χ1v) is 10.8. The second-order valence-corrected chi connectivity index (χ2v) is 8.03. The summed E-state index contributed by atoms with van der Waals surface area (Å²) >= 11 is 1.35. The number of hydrogen-bond donors (Lipinski definition) is 0. The lowest BCUT2D eigenvalue weighted by atomic mass is 10.1. The predicted molar refractivity (Wildman–Crippen MR) is 116 cm³/mol. The molecule has 1 unspecified atom stereocenters. The zero-order chi connectivity index (χ0) is 21.5. The highest BCUT2D eigenvalue weighted by atomic mass is 32.2. The molecule has 7 nitrogen and oxygen atoms in total. The normalized spacial score (nSPS) is 11.8. The molecular formula is C22H25N5O2S. The first-order valence-electron chi connectivity index (χ1n) is 9.84. The van der Waals surface area contributed by atoms with Gasteiger partial charge in [-0.2, -0.15) is 5.26 Å². The van der Waals surface area contributed by atoms with Gasteiger partial charge in [-0.25, -0.2) is 0 Å². The molecule has 0 aliphatic carbocycles. The van der Waals surface area contributed by atoms with Gasteiger partial charge in [-0.3, -0.25) is 9.36 Å². The fourth-order valence-electron chi connectivity index (χ4n) is 3.09. The van der Waals surface area contributed by atoms with Crippen LogP contribution in [0.25, 0.3) is 11.4 Å². The average molecular weight is 424 g/mol. The summed E-state index contributed by atoms with van der Waals surface area (Å²) in [6.07, 6.45) is 1.64. The van der Waals surface area contributed by atoms with Crippen molar-refractivity contribution in [3.05, 3.63) is 54.0 Å². The molecule has 2 aromatic heterocycles. The topological polar surface area (TPSA) is 88.0 Å². The van der Waals surface area contributed by atoms with Crippen molar-refractivity contribution in [3.63, 3.8) is 0 Å². The minimum absolute atomic E-state index is 0.0192. The SMILES string of the molecule is CCN(CC(C)C#N)C(=O)CSc1nnc(-c2cccc(C)c2)n1Cc1ccco1. The number of nitriles is 1. The zero-order valence-electron chi connectivity index (χ0n) is 17.4. The maximum absolute atomic E-state index is 12.7. The van der Waals surface area contributed by atoms with Crippen LogP contribution in [0.5, 0.6) is 0 Å². The third-order valence-electron chi connectivity index (χ3n) is 4.66. The van der Waals surface area contributed by atoms with Crippen LogP contribution in [0.15, 0.2) is 52.2 Å². The second-order valence-electron chi connectivity index (χ2n) is 7.09. The summed E-state index contributed by atoms with van der Waals surface area (Å²) in [6, 6.07) is 14.0. The molecule has 0 N–H and O–H groups in total. The summed E-state index contributed by atoms with van der Waals surface area (Å²) < 4.78 is 7.49. The van der Waals surface area contributed by atoms with Crippen molar-refractivity contribution >= 4 is 17.7 Å². The number of rotatable bonds is 9. The number of thioether (sulfide) groups is 1. The van der Waals surface area contributed by atoms with E-state index in [0.717, 1.165) is 22.7 Å². The van der Waals surface area contributed by atoms with E-state index in [1.165, 1.54) is 11.8 Å². The fourth-order valence-corrected chi connectivity index (χ4v) is 3.93. The van der Waals surface area contributed by atoms with Crippen molar-refractivity contribution < 1.29 is 9.21 Å². The highest BCUT2D eigenvalue weighted by Gasteiger charge is 2.20. The Balaban J connectivity index is 1.82. The summed E-state index contributed by atoms with van der Waals surface area (Å²) in [7, 11) is 0. The van der Waals surface area contributed by atoms with Crippen molar-refractivity contribution in [1.82, 2.24) is 19.7 Å². The Bertz CT molecular complexity index is 1020. The van der Waals surface area contributed by atoms with Crippen molar-refractivity contribution in [2.45, 2.75) is 32.5 Å². The van der Waals surface area contributed by atoms with Gasteiger partial charge in [0.15, 0.2) is 11.0 Å². The van der Waals surface area contributed by atoms with Gasteiger partial charge in [0.1, 0.15) is 5.76 Å². The zero-order valence-corrected chi connectivity index (χ0v) is 18.2. The highest BCUT2D eigenvalue weighted by molar-refractivity contribution is 7.99. The number of furan rings is 1. The minimum Gasteiger partial charge on any atom is -0.467 e. The van der Waals surface area contributed by atoms with Crippen LogP contribution in [-0.2, 0) is 11.3 Å². The smallest absolute Gasteiger partial charge is 0.233 e. The largest absolute Gasteiger partial charge is 0.467 e. The molecule has 0 fully saturated rings. The quantitative estimate of drug-likeness (QED) is 0.484. The van der Waals surface area contributed by atoms with E-state index in [-0.39, 0.29) is 17.6 Å². The molecule has 0 saturated carbocycles. The molecule has 1 atom stereocenters. The number of benzene rings is 1. The van der Waals surface area contributed by atoms with Gasteiger partial charge in [0.2, 0.25) is 5.91 Å². The molecule has 3 rings (SSSR count). The lowest BCUT2D eigenvalue weighted by Crippen LogP contribution is -2.35. The van der Waals surface area contributed by atoms with Crippen molar-refractivity contribution in [3.8, 4) is 17.5 Å². The molecule has 0 aliphatic rings. The Labute approximate surface area is 180 Å². The van der Waals surface area contributed by atoms with Crippen LogP contribution in [0, 0.1) is 24.2 Å². The Morgan fingerprint density at radius 3 is 2.83 bits per heavy atom. The maximum atomic E-state index is 12.7. The number of aromatic nitrogens is 3. The number of carbonyl (C=O) groups is 1. The van der Waals surface area contributed by atoms with Crippen LogP contribution in [0.3, 0.4) is 0 Å². The van der Waals surface area contributed by atoms with E-state index in [1.54, 1.807) is 11.2 Å². The van der Waals surface area contributed by atoms with Gasteiger partial charge in [-0.1, -0.05) is 35.5 Å². The Hall–Kier alpha value is -3.05. The van der Waals surface area contributed by atoms with E-state index in [4.69, 9.17) is 9.68 Å². The van der Waals surface area contributed by atoms with E-state index in [0.29, 0.717) is 24.8 Å². The van der Waals surface area contributed by atoms with E-state index in [2.05, 4.69) is 22.3 Å². The third-order valence-corrected chi connectivity index (χ3v) is 5.61. The van der Waals surface area contributed by atoms with E-state index < -0.39 is 0 Å². The van der Waals surface area contributed by atoms with Crippen LogP contribution in [-0.4, -0.2) is 44.4 Å². The molecule has 0 saturated heterocycles. The molecule has 0 bridgehead atoms. The predicted octanol–water partition coefficient (Wildman–Crippen LogP) is 4.00. The standard InChI is InChI=1S/C22H25N5O2S/c1-4-26(13-17(3)12-23)20(28)15-30-22-25-24-21(18-8-5-7-16(2)11-18)27(22)14-19-9-6-10-29-19/h5-11,17H,4,13-15H2,1-3H3. The van der Waals surface area contributed by atoms with Crippen molar-refractivity contribution in [2.24, 2.45) is 5.92 Å². The molecule has 1 aromatic carbocycles. The molecule has 0 spiro atoms. The number of hydrogen-bond acceptors (Lipinski definition) is 6. The summed E-state index contributed by atoms with van der Waals surface area (Å²) in [5.41, 5.74) is 2.10. The Kier molecular flexibility index (Phi) is 7.31. The van der Waals surface area contributed by atoms with Gasteiger partial charge in [0, 0.05) is 18.7 Å². The summed E-state index contributed by atoms with van der Waals surface area (Å²) in [5.74, 6) is 1.53. The molecule has 8 heteroatoms. The van der Waals surface area contributed by atoms with Crippen LogP contribution in [0.2, 0.25) is 0 Å². The Morgan fingerprint density at radius 2 is 2.17 bits per heavy atom. The molecule has 30 heavy (non-hydrogen) atoms. The lowest BCUT2D eigenvalue weighted by Gasteiger charge is -2.21. The van der Waals surface area contributed by atoms with Gasteiger partial charge >= 0.3 is 0 Å². The second kappa shape index (κ2) is 10.1. The number of aryl methyl sites for hydroxylation is 1. The van der Waals surface area contributed by atoms with Crippen LogP contribution in [0.1, 0.15) is 25.2 Å². The maximum Gasteiger partial charge on any atom is 0.233 e. The van der Waals surface area contributed by atoms with Gasteiger partial charge in [-0.05, 0) is 39.0 Å². The van der Waals surface area contributed by atoms with Crippen LogP contribution >= 0.6 is 11.8 Å². The molecular weight excluding hydrogens is 398 g/mol. The number of amides is 1. The van der Waals surface area contributed by atoms with Gasteiger partial charge < -0.3 is 9.32 Å². The Morgan fingerprint density at radius 1 is 1.33 bits per heavy atom. The minimum atomic E-state index is -0.200. The molecule has 0 aliphatic heterocycles. The number of carbonyl (C=O) groups excluding carboxylic acids is 1. The fraction of sp³-hybridized carbons (Fsp3) is 0.364. The summed E-state index contributed by atoms with van der Waals surface area (Å²) in [5, 5.41) is 18.4. The van der Waals surface area contributed by atoms with Crippen LogP contribution in [0.4, 0.5) is 0 Å². The summed E-state index contributed by atoms with van der Waals surface area (Å²) in [4.78, 5) is 14.4. The van der Waals surface area contributed by atoms with Crippen molar-refractivity contribution in [1.29, 1.82) is 5.26 Å². The van der Waals surface area contributed by atoms with Gasteiger partial charge in [0.05, 0.1) is 30.5 Å². The van der Waals surface area contributed by atoms with Crippen LogP contribution < -0.4 is 0 Å². The molecule has 3 aromatic rings. The molecule has 1 amide bonds. The summed E-state index contributed by atoms with van der Waals surface area (Å²) in [6.45, 7) is 7.24. The van der Waals surface area contributed by atoms with Gasteiger partial charge in [0.25, 0.3) is 0 Å². The molecule has 156 valence electrons. The van der Waals surface area contributed by atoms with E-state index in [9.17, 15) is 4.79 Å². The molecule has 0 radical (unpaired) electrons. The highest BCUT2D eigenvalue weighted by Crippen LogP contribution is 2.26. The monoisotopic (exact) mass is 423 g/mol.